The van der Waals surface area contributed by atoms with Crippen molar-refractivity contribution in [1.82, 2.24) is 0 Å². The summed E-state index contributed by atoms with van der Waals surface area (Å²) in [4.78, 5) is 12.8. The van der Waals surface area contributed by atoms with Crippen LogP contribution in [0.4, 0.5) is 0 Å². The van der Waals surface area contributed by atoms with E-state index in [-0.39, 0.29) is 50.7 Å². The van der Waals surface area contributed by atoms with Gasteiger partial charge in [-0.15, -0.1) is 0 Å². The fourth-order valence-corrected chi connectivity index (χ4v) is 15.2. The van der Waals surface area contributed by atoms with E-state index in [2.05, 4.69) is 6.92 Å². The van der Waals surface area contributed by atoms with Gasteiger partial charge in [-0.05, 0) is 91.9 Å². The zero-order valence-electron chi connectivity index (χ0n) is 45.7. The Balaban J connectivity index is 0.736. The Morgan fingerprint density at radius 1 is 0.573 bits per heavy atom. The van der Waals surface area contributed by atoms with Crippen molar-refractivity contribution in [2.45, 2.75) is 284 Å². The largest absolute Gasteiger partial charge is 0.392 e. The third kappa shape index (κ3) is 10.2. The van der Waals surface area contributed by atoms with Crippen molar-refractivity contribution in [1.29, 1.82) is 0 Å². The summed E-state index contributed by atoms with van der Waals surface area (Å²) in [5.74, 6) is -1.06. The Bertz CT molecular complexity index is 1990. The van der Waals surface area contributed by atoms with Gasteiger partial charge in [0, 0.05) is 59.4 Å². The maximum atomic E-state index is 12.8. The van der Waals surface area contributed by atoms with E-state index in [1.165, 1.54) is 13.8 Å². The second-order valence-electron chi connectivity index (χ2n) is 23.9. The molecule has 4 aliphatic carbocycles. The first-order chi connectivity index (χ1) is 35.3. The molecule has 0 aromatic rings. The highest BCUT2D eigenvalue weighted by atomic mass is 16.8. The summed E-state index contributed by atoms with van der Waals surface area (Å²) in [7, 11) is 4.77. The summed E-state index contributed by atoms with van der Waals surface area (Å²) in [5.41, 5.74) is -6.72. The first kappa shape index (κ1) is 58.3. The number of hydrogen-bond acceptors (Lipinski definition) is 21. The lowest BCUT2D eigenvalue weighted by atomic mass is 9.42. The molecule has 0 spiro atoms. The van der Waals surface area contributed by atoms with E-state index in [1.807, 2.05) is 19.9 Å². The Hall–Kier alpha value is -1.39. The van der Waals surface area contributed by atoms with Gasteiger partial charge >= 0.3 is 0 Å². The van der Waals surface area contributed by atoms with E-state index in [0.717, 1.165) is 5.57 Å². The smallest absolute Gasteiger partial charge is 0.162 e. The molecule has 9 rings (SSSR count). The molecule has 0 amide bonds. The molecule has 8 fully saturated rings. The van der Waals surface area contributed by atoms with Gasteiger partial charge in [-0.25, -0.2) is 0 Å². The minimum absolute atomic E-state index is 0.0142. The van der Waals surface area contributed by atoms with Gasteiger partial charge in [0.25, 0.3) is 0 Å². The molecule has 5 heterocycles. The van der Waals surface area contributed by atoms with Gasteiger partial charge in [-0.2, -0.15) is 0 Å². The molecule has 28 unspecified atom stereocenters. The average molecular weight is 1070 g/mol. The van der Waals surface area contributed by atoms with E-state index in [0.29, 0.717) is 38.5 Å². The molecule has 5 saturated heterocycles. The third-order valence-electron chi connectivity index (χ3n) is 19.8. The molecule has 0 radical (unpaired) electrons. The predicted molar refractivity (Wildman–Crippen MR) is 261 cm³/mol. The van der Waals surface area contributed by atoms with Crippen LogP contribution in [0.3, 0.4) is 0 Å². The minimum Gasteiger partial charge on any atom is -0.392 e. The van der Waals surface area contributed by atoms with E-state index < -0.39 is 162 Å². The zero-order valence-corrected chi connectivity index (χ0v) is 45.7. The van der Waals surface area contributed by atoms with E-state index in [9.17, 15) is 40.5 Å². The molecule has 3 saturated carbocycles. The molecule has 430 valence electrons. The van der Waals surface area contributed by atoms with Crippen molar-refractivity contribution in [3.63, 3.8) is 0 Å². The molecule has 75 heavy (non-hydrogen) atoms. The molecule has 7 N–H and O–H groups in total. The average Bonchev–Trinajstić information content (AvgIpc) is 3.59. The van der Waals surface area contributed by atoms with Crippen LogP contribution in [-0.4, -0.2) is 215 Å². The van der Waals surface area contributed by atoms with Crippen LogP contribution in [0.15, 0.2) is 11.6 Å². The van der Waals surface area contributed by atoms with Gasteiger partial charge in [0.05, 0.1) is 78.7 Å². The maximum Gasteiger partial charge on any atom is 0.162 e. The van der Waals surface area contributed by atoms with Gasteiger partial charge in [0.2, 0.25) is 0 Å². The monoisotopic (exact) mass is 1070 g/mol. The lowest BCUT2D eigenvalue weighted by Crippen LogP contribution is -2.78. The number of carbonyl (C=O) groups is 1. The second kappa shape index (κ2) is 22.2. The molecule has 9 aliphatic rings. The SMILES string of the molecule is COC1CC(OC2C(C)OC(OC3C(C)OC(OC4C(O)CC(OC5C(O)CC(OC6CCC7(C)C(=CCC8(O)C7CC(O)C7(C)C(O)(C(C)=O)CCC87O)C6)OC5C)OC4C)CC3OC)CC2OC)OC(C)C1O. The molecule has 0 aromatic carbocycles. The van der Waals surface area contributed by atoms with Gasteiger partial charge in [-0.1, -0.05) is 25.5 Å². The van der Waals surface area contributed by atoms with Gasteiger partial charge in [-0.3, -0.25) is 4.79 Å². The Kier molecular flexibility index (Phi) is 17.2. The number of ketones is 1. The number of aliphatic hydroxyl groups is 7. The molecule has 28 atom stereocenters. The molecular weight excluding hydrogens is 985 g/mol. The van der Waals surface area contributed by atoms with Crippen molar-refractivity contribution in [3.05, 3.63) is 11.6 Å². The Morgan fingerprint density at radius 3 is 1.49 bits per heavy atom. The predicted octanol–water partition coefficient (Wildman–Crippen LogP) is 2.20. The summed E-state index contributed by atoms with van der Waals surface area (Å²) >= 11 is 0. The van der Waals surface area contributed by atoms with Crippen LogP contribution in [0.2, 0.25) is 0 Å². The van der Waals surface area contributed by atoms with Crippen LogP contribution in [0.25, 0.3) is 0 Å². The molecular formula is C54H88O21. The normalized spacial score (nSPS) is 54.3. The van der Waals surface area contributed by atoms with Gasteiger partial charge in [0.1, 0.15) is 47.3 Å². The fraction of sp³-hybridized carbons (Fsp3) is 0.944. The quantitative estimate of drug-likeness (QED) is 0.123. The number of ether oxygens (including phenoxy) is 13. The van der Waals surface area contributed by atoms with Crippen LogP contribution in [0.1, 0.15) is 132 Å². The molecule has 21 nitrogen and oxygen atoms in total. The van der Waals surface area contributed by atoms with Crippen molar-refractivity contribution >= 4 is 5.78 Å². The summed E-state index contributed by atoms with van der Waals surface area (Å²) in [5, 5.41) is 81.6. The van der Waals surface area contributed by atoms with Crippen LogP contribution in [0, 0.1) is 16.7 Å². The van der Waals surface area contributed by atoms with Crippen LogP contribution < -0.4 is 0 Å². The second-order valence-corrected chi connectivity index (χ2v) is 23.9. The highest BCUT2D eigenvalue weighted by Gasteiger charge is 2.80. The Morgan fingerprint density at radius 2 is 1.01 bits per heavy atom. The summed E-state index contributed by atoms with van der Waals surface area (Å²) in [6.07, 6.45) is -9.30. The Labute approximate surface area is 441 Å². The third-order valence-corrected chi connectivity index (χ3v) is 19.8. The molecule has 0 bridgehead atoms. The molecule has 5 aliphatic heterocycles. The summed E-state index contributed by atoms with van der Waals surface area (Å²) < 4.78 is 80.7. The number of Topliss-reactive ketones (excluding diaryl/α,β-unsaturated/α-hetero) is 1. The number of carbonyl (C=O) groups excluding carboxylic acids is 1. The highest BCUT2D eigenvalue weighted by molar-refractivity contribution is 5.87. The van der Waals surface area contributed by atoms with Crippen LogP contribution in [0.5, 0.6) is 0 Å². The lowest BCUT2D eigenvalue weighted by molar-refractivity contribution is -0.351. The molecule has 21 heteroatoms. The standard InChI is InChI=1S/C54H88O21/c1-25-45(59)35(63-9)21-42(66-25)74-48-29(5)70-44(23-37(48)65-11)75-49-28(4)69-43(22-36(49)64-10)73-47-27(3)68-41(20-34(47)57)72-46-26(2)67-40(19-33(46)56)71-32-13-14-50(7)31(18-32)12-15-53(61)38(50)24-39(58)51(8)52(60,30(6)55)16-17-54(51,53)62/h12,25-29,32-49,56-62H,13-24H2,1-11H3. The first-order valence-electron chi connectivity index (χ1n) is 27.6. The van der Waals surface area contributed by atoms with Crippen molar-refractivity contribution in [3.8, 4) is 0 Å². The van der Waals surface area contributed by atoms with Crippen molar-refractivity contribution in [2.75, 3.05) is 21.3 Å². The first-order valence-corrected chi connectivity index (χ1v) is 27.6. The summed E-state index contributed by atoms with van der Waals surface area (Å²) in [6.45, 7) is 14.0. The van der Waals surface area contributed by atoms with Gasteiger partial charge in [0.15, 0.2) is 37.2 Å². The number of fused-ring (bicyclic) bond motifs is 5. The van der Waals surface area contributed by atoms with Crippen molar-refractivity contribution in [2.24, 2.45) is 16.7 Å². The number of rotatable bonds is 14. The maximum absolute atomic E-state index is 12.8. The topological polar surface area (TPSA) is 279 Å². The number of aliphatic hydroxyl groups excluding tert-OH is 4. The lowest BCUT2D eigenvalue weighted by Gasteiger charge is -2.66. The highest BCUT2D eigenvalue weighted by Crippen LogP contribution is 2.70. The van der Waals surface area contributed by atoms with E-state index in [1.54, 1.807) is 42.1 Å². The fourth-order valence-electron chi connectivity index (χ4n) is 15.2. The zero-order chi connectivity index (χ0) is 54.3. The minimum atomic E-state index is -1.97. The van der Waals surface area contributed by atoms with Crippen molar-refractivity contribution < 1.29 is 102 Å². The summed E-state index contributed by atoms with van der Waals surface area (Å²) in [6, 6.07) is 0. The number of methoxy groups -OCH3 is 3. The van der Waals surface area contributed by atoms with E-state index >= 15 is 0 Å². The van der Waals surface area contributed by atoms with Gasteiger partial charge < -0.3 is 97.3 Å². The molecule has 0 aromatic heterocycles. The van der Waals surface area contributed by atoms with Crippen LogP contribution >= 0.6 is 0 Å². The van der Waals surface area contributed by atoms with E-state index in [4.69, 9.17) is 61.6 Å². The number of hydrogen-bond donors (Lipinski definition) is 7. The van der Waals surface area contributed by atoms with Crippen LogP contribution in [-0.2, 0) is 66.4 Å².